The van der Waals surface area contributed by atoms with Crippen LogP contribution in [0.4, 0.5) is 0 Å². The summed E-state index contributed by atoms with van der Waals surface area (Å²) in [7, 11) is 0. The van der Waals surface area contributed by atoms with Gasteiger partial charge in [0.2, 0.25) is 0 Å². The zero-order valence-electron chi connectivity index (χ0n) is 8.19. The van der Waals surface area contributed by atoms with Crippen molar-refractivity contribution in [2.75, 3.05) is 6.54 Å². The predicted molar refractivity (Wildman–Crippen MR) is 51.3 cm³/mol. The fraction of sp³-hybridized carbons (Fsp3) is 1.00. The monoisotopic (exact) mass is 168 g/mol. The molecule has 2 rings (SSSR count). The molecule has 2 N–H and O–H groups in total. The van der Waals surface area contributed by atoms with E-state index in [1.54, 1.807) is 0 Å². The molecule has 0 aromatic carbocycles. The Morgan fingerprint density at radius 1 is 1.17 bits per heavy atom. The molecule has 1 saturated heterocycles. The quantitative estimate of drug-likeness (QED) is 0.569. The summed E-state index contributed by atoms with van der Waals surface area (Å²) in [4.78, 5) is 0. The Bertz CT molecular complexity index is 165. The lowest BCUT2D eigenvalue weighted by Crippen LogP contribution is -2.48. The standard InChI is InChI=1S/C10H20N2/c1-10(2)6-7-11-8-4-3-5-9(8)12-10/h8-9,11-12H,3-7H2,1-2H3/t8-,9+/m0/s1. The highest BCUT2D eigenvalue weighted by molar-refractivity contribution is 4.96. The van der Waals surface area contributed by atoms with Crippen LogP contribution in [0.1, 0.15) is 39.5 Å². The molecule has 1 aliphatic heterocycles. The normalized spacial score (nSPS) is 40.5. The van der Waals surface area contributed by atoms with Crippen LogP contribution in [0.3, 0.4) is 0 Å². The second-order valence-electron chi connectivity index (χ2n) is 4.88. The Hall–Kier alpha value is -0.0800. The van der Waals surface area contributed by atoms with E-state index in [9.17, 15) is 0 Å². The summed E-state index contributed by atoms with van der Waals surface area (Å²) in [5.74, 6) is 0. The molecule has 2 fully saturated rings. The lowest BCUT2D eigenvalue weighted by Gasteiger charge is -2.28. The summed E-state index contributed by atoms with van der Waals surface area (Å²) in [6.07, 6.45) is 5.38. The van der Waals surface area contributed by atoms with Gasteiger partial charge in [-0.15, -0.1) is 0 Å². The highest BCUT2D eigenvalue weighted by atomic mass is 15.1. The molecule has 2 aliphatic rings. The first-order valence-electron chi connectivity index (χ1n) is 5.18. The number of nitrogens with one attached hydrogen (secondary N) is 2. The highest BCUT2D eigenvalue weighted by Crippen LogP contribution is 2.24. The fourth-order valence-electron chi connectivity index (χ4n) is 2.52. The van der Waals surface area contributed by atoms with Gasteiger partial charge in [0.15, 0.2) is 0 Å². The molecule has 0 unspecified atom stereocenters. The van der Waals surface area contributed by atoms with E-state index in [2.05, 4.69) is 24.5 Å². The molecular formula is C10H20N2. The molecule has 0 bridgehead atoms. The smallest absolute Gasteiger partial charge is 0.0226 e. The van der Waals surface area contributed by atoms with Gasteiger partial charge in [-0.3, -0.25) is 0 Å². The van der Waals surface area contributed by atoms with Gasteiger partial charge < -0.3 is 10.6 Å². The first kappa shape index (κ1) is 8.52. The Morgan fingerprint density at radius 2 is 1.92 bits per heavy atom. The topological polar surface area (TPSA) is 24.1 Å². The highest BCUT2D eigenvalue weighted by Gasteiger charge is 2.33. The molecule has 0 amide bonds. The molecule has 2 nitrogen and oxygen atoms in total. The predicted octanol–water partition coefficient (Wildman–Crippen LogP) is 1.27. The molecule has 1 saturated carbocycles. The van der Waals surface area contributed by atoms with E-state index in [1.807, 2.05) is 0 Å². The Morgan fingerprint density at radius 3 is 2.75 bits per heavy atom. The van der Waals surface area contributed by atoms with Gasteiger partial charge in [0, 0.05) is 17.6 Å². The van der Waals surface area contributed by atoms with E-state index in [0.29, 0.717) is 5.54 Å². The lowest BCUT2D eigenvalue weighted by atomic mass is 10.00. The minimum atomic E-state index is 0.344. The van der Waals surface area contributed by atoms with Crippen LogP contribution in [0.25, 0.3) is 0 Å². The second-order valence-corrected chi connectivity index (χ2v) is 4.88. The molecule has 2 atom stereocenters. The van der Waals surface area contributed by atoms with Crippen LogP contribution in [0.2, 0.25) is 0 Å². The van der Waals surface area contributed by atoms with Crippen LogP contribution < -0.4 is 10.6 Å². The van der Waals surface area contributed by atoms with Gasteiger partial charge in [-0.1, -0.05) is 6.42 Å². The van der Waals surface area contributed by atoms with Crippen molar-refractivity contribution in [3.05, 3.63) is 0 Å². The van der Waals surface area contributed by atoms with Crippen LogP contribution in [0, 0.1) is 0 Å². The molecule has 1 aliphatic carbocycles. The van der Waals surface area contributed by atoms with Crippen molar-refractivity contribution in [2.24, 2.45) is 0 Å². The average Bonchev–Trinajstić information content (AvgIpc) is 2.31. The molecule has 70 valence electrons. The largest absolute Gasteiger partial charge is 0.312 e. The zero-order valence-corrected chi connectivity index (χ0v) is 8.19. The molecule has 0 aromatic heterocycles. The first-order valence-corrected chi connectivity index (χ1v) is 5.18. The van der Waals surface area contributed by atoms with Crippen LogP contribution >= 0.6 is 0 Å². The summed E-state index contributed by atoms with van der Waals surface area (Å²) < 4.78 is 0. The van der Waals surface area contributed by atoms with Crippen molar-refractivity contribution in [1.82, 2.24) is 10.6 Å². The maximum absolute atomic E-state index is 3.75. The van der Waals surface area contributed by atoms with Gasteiger partial charge in [-0.25, -0.2) is 0 Å². The number of hydrogen-bond acceptors (Lipinski definition) is 2. The third-order valence-corrected chi connectivity index (χ3v) is 3.25. The third kappa shape index (κ3) is 1.64. The first-order chi connectivity index (χ1) is 5.67. The Kier molecular flexibility index (Phi) is 2.13. The number of fused-ring (bicyclic) bond motifs is 1. The van der Waals surface area contributed by atoms with E-state index in [-0.39, 0.29) is 0 Å². The summed E-state index contributed by atoms with van der Waals surface area (Å²) in [5, 5.41) is 7.39. The van der Waals surface area contributed by atoms with Crippen molar-refractivity contribution in [1.29, 1.82) is 0 Å². The molecule has 1 heterocycles. The van der Waals surface area contributed by atoms with Gasteiger partial charge in [-0.2, -0.15) is 0 Å². The third-order valence-electron chi connectivity index (χ3n) is 3.25. The van der Waals surface area contributed by atoms with Crippen molar-refractivity contribution in [2.45, 2.75) is 57.2 Å². The molecule has 0 radical (unpaired) electrons. The molecule has 2 heteroatoms. The van der Waals surface area contributed by atoms with E-state index in [1.165, 1.54) is 32.2 Å². The minimum Gasteiger partial charge on any atom is -0.312 e. The molecule has 0 spiro atoms. The van der Waals surface area contributed by atoms with Gasteiger partial charge in [0.1, 0.15) is 0 Å². The molecular weight excluding hydrogens is 148 g/mol. The number of hydrogen-bond donors (Lipinski definition) is 2. The van der Waals surface area contributed by atoms with E-state index >= 15 is 0 Å². The summed E-state index contributed by atoms with van der Waals surface area (Å²) in [5.41, 5.74) is 0.344. The van der Waals surface area contributed by atoms with Gasteiger partial charge in [0.05, 0.1) is 0 Å². The summed E-state index contributed by atoms with van der Waals surface area (Å²) in [6.45, 7) is 5.81. The van der Waals surface area contributed by atoms with Crippen LogP contribution in [-0.4, -0.2) is 24.2 Å². The Balaban J connectivity index is 2.04. The van der Waals surface area contributed by atoms with E-state index in [4.69, 9.17) is 0 Å². The Labute approximate surface area is 75.1 Å². The second kappa shape index (κ2) is 3.00. The van der Waals surface area contributed by atoms with Crippen LogP contribution in [0.5, 0.6) is 0 Å². The van der Waals surface area contributed by atoms with Crippen molar-refractivity contribution in [3.63, 3.8) is 0 Å². The SMILES string of the molecule is CC1(C)CCN[C@H]2CCC[C@H]2N1. The maximum atomic E-state index is 3.75. The average molecular weight is 168 g/mol. The van der Waals surface area contributed by atoms with Crippen LogP contribution in [-0.2, 0) is 0 Å². The van der Waals surface area contributed by atoms with E-state index in [0.717, 1.165) is 12.1 Å². The van der Waals surface area contributed by atoms with Gasteiger partial charge in [-0.05, 0) is 39.7 Å². The zero-order chi connectivity index (χ0) is 8.60. The van der Waals surface area contributed by atoms with Gasteiger partial charge >= 0.3 is 0 Å². The summed E-state index contributed by atoms with van der Waals surface area (Å²) in [6, 6.07) is 1.49. The molecule has 0 aromatic rings. The van der Waals surface area contributed by atoms with E-state index < -0.39 is 0 Å². The van der Waals surface area contributed by atoms with Crippen molar-refractivity contribution < 1.29 is 0 Å². The van der Waals surface area contributed by atoms with Crippen LogP contribution in [0.15, 0.2) is 0 Å². The van der Waals surface area contributed by atoms with Crippen molar-refractivity contribution >= 4 is 0 Å². The van der Waals surface area contributed by atoms with Crippen molar-refractivity contribution in [3.8, 4) is 0 Å². The number of rotatable bonds is 0. The molecule has 12 heavy (non-hydrogen) atoms. The minimum absolute atomic E-state index is 0.344. The summed E-state index contributed by atoms with van der Waals surface area (Å²) >= 11 is 0. The maximum Gasteiger partial charge on any atom is 0.0226 e. The van der Waals surface area contributed by atoms with Gasteiger partial charge in [0.25, 0.3) is 0 Å². The lowest BCUT2D eigenvalue weighted by molar-refractivity contribution is 0.334. The fourth-order valence-corrected chi connectivity index (χ4v) is 2.52.